The predicted octanol–water partition coefficient (Wildman–Crippen LogP) is 3.49. The number of carbonyl (C=O) groups excluding carboxylic acids is 2. The maximum Gasteiger partial charge on any atom is 0.410 e. The summed E-state index contributed by atoms with van der Waals surface area (Å²) in [6.07, 6.45) is 0.979. The molecule has 0 saturated carbocycles. The van der Waals surface area contributed by atoms with Crippen LogP contribution in [0.1, 0.15) is 30.9 Å². The Morgan fingerprint density at radius 3 is 2.31 bits per heavy atom. The van der Waals surface area contributed by atoms with E-state index in [1.165, 1.54) is 0 Å². The van der Waals surface area contributed by atoms with Crippen molar-refractivity contribution in [3.63, 3.8) is 0 Å². The summed E-state index contributed by atoms with van der Waals surface area (Å²) < 4.78 is 5.43. The van der Waals surface area contributed by atoms with Crippen LogP contribution in [0.3, 0.4) is 0 Å². The molecule has 26 heavy (non-hydrogen) atoms. The highest BCUT2D eigenvalue weighted by Crippen LogP contribution is 2.30. The summed E-state index contributed by atoms with van der Waals surface area (Å²) in [6, 6.07) is 19.3. The van der Waals surface area contributed by atoms with E-state index < -0.39 is 11.6 Å². The van der Waals surface area contributed by atoms with Gasteiger partial charge in [-0.3, -0.25) is 9.69 Å². The van der Waals surface area contributed by atoms with Gasteiger partial charge in [0.05, 0.1) is 0 Å². The molecular formula is C21H24N2O3. The van der Waals surface area contributed by atoms with Crippen molar-refractivity contribution in [1.29, 1.82) is 0 Å². The van der Waals surface area contributed by atoms with Gasteiger partial charge >= 0.3 is 6.09 Å². The third-order valence-corrected chi connectivity index (χ3v) is 4.85. The Labute approximate surface area is 154 Å². The van der Waals surface area contributed by atoms with E-state index in [-0.39, 0.29) is 12.5 Å². The quantitative estimate of drug-likeness (QED) is 0.896. The monoisotopic (exact) mass is 352 g/mol. The lowest BCUT2D eigenvalue weighted by Crippen LogP contribution is -2.55. The molecular weight excluding hydrogens is 328 g/mol. The van der Waals surface area contributed by atoms with Crippen molar-refractivity contribution in [2.75, 3.05) is 6.54 Å². The maximum absolute atomic E-state index is 12.8. The van der Waals surface area contributed by atoms with E-state index in [2.05, 4.69) is 5.32 Å². The molecule has 2 aromatic rings. The van der Waals surface area contributed by atoms with Gasteiger partial charge in [-0.2, -0.15) is 0 Å². The summed E-state index contributed by atoms with van der Waals surface area (Å²) in [4.78, 5) is 26.9. The molecule has 0 bridgehead atoms. The normalized spacial score (nSPS) is 19.2. The highest BCUT2D eigenvalue weighted by molar-refractivity contribution is 5.90. The van der Waals surface area contributed by atoms with Crippen molar-refractivity contribution in [1.82, 2.24) is 10.2 Å². The number of likely N-dealkylation sites (tertiary alicyclic amines) is 1. The number of hydrogen-bond acceptors (Lipinski definition) is 3. The Morgan fingerprint density at radius 1 is 1.04 bits per heavy atom. The Morgan fingerprint density at radius 2 is 1.65 bits per heavy atom. The molecule has 1 aliphatic rings. The fraction of sp³-hybridized carbons (Fsp3) is 0.333. The number of rotatable bonds is 5. The lowest BCUT2D eigenvalue weighted by atomic mass is 9.98. The zero-order chi connectivity index (χ0) is 18.4. The summed E-state index contributed by atoms with van der Waals surface area (Å²) in [6.45, 7) is 2.99. The summed E-state index contributed by atoms with van der Waals surface area (Å²) in [7, 11) is 0. The molecule has 0 aromatic heterocycles. The fourth-order valence-corrected chi connectivity index (χ4v) is 3.26. The smallest absolute Gasteiger partial charge is 0.410 e. The largest absolute Gasteiger partial charge is 0.445 e. The van der Waals surface area contributed by atoms with Crippen LogP contribution >= 0.6 is 0 Å². The highest BCUT2D eigenvalue weighted by atomic mass is 16.6. The Bertz CT molecular complexity index is 748. The molecule has 0 spiro atoms. The van der Waals surface area contributed by atoms with Crippen molar-refractivity contribution in [3.05, 3.63) is 71.8 Å². The summed E-state index contributed by atoms with van der Waals surface area (Å²) >= 11 is 0. The van der Waals surface area contributed by atoms with Crippen LogP contribution < -0.4 is 5.32 Å². The van der Waals surface area contributed by atoms with Gasteiger partial charge in [0.2, 0.25) is 5.91 Å². The fourth-order valence-electron chi connectivity index (χ4n) is 3.26. The van der Waals surface area contributed by atoms with Crippen LogP contribution in [0.2, 0.25) is 0 Å². The number of amides is 2. The molecule has 1 fully saturated rings. The topological polar surface area (TPSA) is 58.6 Å². The molecule has 2 amide bonds. The van der Waals surface area contributed by atoms with E-state index in [9.17, 15) is 9.59 Å². The second-order valence-electron chi connectivity index (χ2n) is 6.74. The van der Waals surface area contributed by atoms with Crippen LogP contribution in [0, 0.1) is 0 Å². The van der Waals surface area contributed by atoms with Gasteiger partial charge in [0.15, 0.2) is 0 Å². The predicted molar refractivity (Wildman–Crippen MR) is 99.3 cm³/mol. The second-order valence-corrected chi connectivity index (χ2v) is 6.74. The second kappa shape index (κ2) is 8.04. The molecule has 3 rings (SSSR count). The molecule has 0 aliphatic carbocycles. The van der Waals surface area contributed by atoms with Crippen LogP contribution in [-0.4, -0.2) is 29.0 Å². The van der Waals surface area contributed by atoms with Gasteiger partial charge in [0.1, 0.15) is 12.1 Å². The average Bonchev–Trinajstić information content (AvgIpc) is 3.09. The zero-order valence-corrected chi connectivity index (χ0v) is 15.0. The van der Waals surface area contributed by atoms with Crippen LogP contribution in [0.25, 0.3) is 0 Å². The van der Waals surface area contributed by atoms with Gasteiger partial charge < -0.3 is 10.1 Å². The first-order valence-corrected chi connectivity index (χ1v) is 8.90. The third-order valence-electron chi connectivity index (χ3n) is 4.85. The van der Waals surface area contributed by atoms with E-state index in [0.717, 1.165) is 17.5 Å². The molecule has 1 aliphatic heterocycles. The number of nitrogens with zero attached hydrogens (tertiary/aromatic N) is 1. The van der Waals surface area contributed by atoms with Gasteiger partial charge in [0.25, 0.3) is 0 Å². The SMILES string of the molecule is CC1(C(=O)NCc2ccccc2)CCCN1C(=O)OCc1ccccc1. The van der Waals surface area contributed by atoms with Crippen LogP contribution in [0.4, 0.5) is 4.79 Å². The Kier molecular flexibility index (Phi) is 5.56. The van der Waals surface area contributed by atoms with Crippen LogP contribution in [0.15, 0.2) is 60.7 Å². The molecule has 136 valence electrons. The first kappa shape index (κ1) is 18.0. The number of nitrogens with one attached hydrogen (secondary N) is 1. The molecule has 5 heteroatoms. The minimum Gasteiger partial charge on any atom is -0.445 e. The van der Waals surface area contributed by atoms with Crippen molar-refractivity contribution in [3.8, 4) is 0 Å². The lowest BCUT2D eigenvalue weighted by molar-refractivity contribution is -0.130. The van der Waals surface area contributed by atoms with Crippen molar-refractivity contribution in [2.24, 2.45) is 0 Å². The summed E-state index contributed by atoms with van der Waals surface area (Å²) in [5, 5.41) is 2.95. The van der Waals surface area contributed by atoms with Crippen molar-refractivity contribution in [2.45, 2.75) is 38.5 Å². The maximum atomic E-state index is 12.8. The average molecular weight is 352 g/mol. The highest BCUT2D eigenvalue weighted by Gasteiger charge is 2.46. The Hall–Kier alpha value is -2.82. The first-order valence-electron chi connectivity index (χ1n) is 8.90. The van der Waals surface area contributed by atoms with Crippen LogP contribution in [0.5, 0.6) is 0 Å². The standard InChI is InChI=1S/C21H24N2O3/c1-21(19(24)22-15-17-9-4-2-5-10-17)13-8-14-23(21)20(25)26-16-18-11-6-3-7-12-18/h2-7,9-12H,8,13-16H2,1H3,(H,22,24). The van der Waals surface area contributed by atoms with Gasteiger partial charge in [-0.1, -0.05) is 60.7 Å². The number of ether oxygens (including phenoxy) is 1. The van der Waals surface area contributed by atoms with Crippen LogP contribution in [-0.2, 0) is 22.7 Å². The van der Waals surface area contributed by atoms with Crippen molar-refractivity contribution >= 4 is 12.0 Å². The first-order chi connectivity index (χ1) is 12.6. The summed E-state index contributed by atoms with van der Waals surface area (Å²) in [5.41, 5.74) is 1.08. The number of benzene rings is 2. The molecule has 5 nitrogen and oxygen atoms in total. The molecule has 1 heterocycles. The number of hydrogen-bond donors (Lipinski definition) is 1. The van der Waals surface area contributed by atoms with E-state index in [1.807, 2.05) is 67.6 Å². The van der Waals surface area contributed by atoms with Gasteiger partial charge in [-0.15, -0.1) is 0 Å². The van der Waals surface area contributed by atoms with Gasteiger partial charge in [-0.25, -0.2) is 4.79 Å². The molecule has 1 saturated heterocycles. The molecule has 2 aromatic carbocycles. The zero-order valence-electron chi connectivity index (χ0n) is 15.0. The molecule has 1 unspecified atom stereocenters. The Balaban J connectivity index is 1.59. The van der Waals surface area contributed by atoms with E-state index in [4.69, 9.17) is 4.74 Å². The molecule has 1 atom stereocenters. The number of carbonyl (C=O) groups is 2. The molecule has 0 radical (unpaired) electrons. The lowest BCUT2D eigenvalue weighted by Gasteiger charge is -2.33. The van der Waals surface area contributed by atoms with Gasteiger partial charge in [-0.05, 0) is 30.9 Å². The van der Waals surface area contributed by atoms with E-state index >= 15 is 0 Å². The molecule has 1 N–H and O–H groups in total. The minimum absolute atomic E-state index is 0.143. The van der Waals surface area contributed by atoms with E-state index in [0.29, 0.717) is 19.5 Å². The third kappa shape index (κ3) is 4.04. The van der Waals surface area contributed by atoms with Crippen molar-refractivity contribution < 1.29 is 14.3 Å². The van der Waals surface area contributed by atoms with E-state index in [1.54, 1.807) is 4.90 Å². The minimum atomic E-state index is -0.872. The van der Waals surface area contributed by atoms with Gasteiger partial charge in [0, 0.05) is 13.1 Å². The summed E-state index contributed by atoms with van der Waals surface area (Å²) in [5.74, 6) is -0.143.